The molecule has 2 fully saturated rings. The van der Waals surface area contributed by atoms with Crippen LogP contribution in [-0.4, -0.2) is 55.5 Å². The third-order valence-electron chi connectivity index (χ3n) is 5.52. The Morgan fingerprint density at radius 3 is 2.64 bits per heavy atom. The van der Waals surface area contributed by atoms with Gasteiger partial charge >= 0.3 is 0 Å². The number of rotatable bonds is 4. The number of benzene rings is 1. The van der Waals surface area contributed by atoms with Gasteiger partial charge in [0.15, 0.2) is 11.6 Å². The Hall–Kier alpha value is -1.62. The molecule has 1 heterocycles. The summed E-state index contributed by atoms with van der Waals surface area (Å²) in [7, 11) is 1.43. The quantitative estimate of drug-likeness (QED) is 0.834. The van der Waals surface area contributed by atoms with Crippen LogP contribution in [0, 0.1) is 11.7 Å². The smallest absolute Gasteiger partial charge is 0.254 e. The van der Waals surface area contributed by atoms with E-state index in [2.05, 4.69) is 4.90 Å². The van der Waals surface area contributed by atoms with Crippen molar-refractivity contribution in [2.24, 2.45) is 5.92 Å². The van der Waals surface area contributed by atoms with Crippen LogP contribution in [0.4, 0.5) is 4.39 Å². The number of hydrogen-bond acceptors (Lipinski definition) is 3. The zero-order valence-corrected chi connectivity index (χ0v) is 15.2. The van der Waals surface area contributed by atoms with E-state index in [0.717, 1.165) is 38.5 Å². The highest BCUT2D eigenvalue weighted by Gasteiger charge is 2.23. The van der Waals surface area contributed by atoms with E-state index >= 15 is 0 Å². The predicted octanol–water partition coefficient (Wildman–Crippen LogP) is 3.56. The van der Waals surface area contributed by atoms with Gasteiger partial charge in [-0.25, -0.2) is 4.39 Å². The normalized spacial score (nSPS) is 20.3. The van der Waals surface area contributed by atoms with Crippen molar-refractivity contribution in [2.75, 3.05) is 39.8 Å². The van der Waals surface area contributed by atoms with Crippen LogP contribution in [0.25, 0.3) is 0 Å². The second kappa shape index (κ2) is 8.65. The molecule has 0 N–H and O–H groups in total. The average molecular weight is 348 g/mol. The van der Waals surface area contributed by atoms with Crippen molar-refractivity contribution in [1.82, 2.24) is 9.80 Å². The first-order valence-corrected chi connectivity index (χ1v) is 9.52. The molecule has 0 spiro atoms. The van der Waals surface area contributed by atoms with Gasteiger partial charge in [-0.05, 0) is 49.9 Å². The highest BCUT2D eigenvalue weighted by molar-refractivity contribution is 5.94. The summed E-state index contributed by atoms with van der Waals surface area (Å²) in [5.41, 5.74) is 0.402. The summed E-state index contributed by atoms with van der Waals surface area (Å²) in [6.45, 7) is 4.60. The number of carbonyl (C=O) groups excluding carboxylic acids is 1. The van der Waals surface area contributed by atoms with E-state index in [1.807, 2.05) is 4.90 Å². The van der Waals surface area contributed by atoms with Crippen LogP contribution < -0.4 is 4.74 Å². The van der Waals surface area contributed by atoms with Crippen LogP contribution in [0.3, 0.4) is 0 Å². The van der Waals surface area contributed by atoms with Gasteiger partial charge in [0.25, 0.3) is 5.91 Å². The maximum Gasteiger partial charge on any atom is 0.254 e. The summed E-state index contributed by atoms with van der Waals surface area (Å²) in [4.78, 5) is 17.1. The van der Waals surface area contributed by atoms with Crippen molar-refractivity contribution in [1.29, 1.82) is 0 Å². The topological polar surface area (TPSA) is 32.8 Å². The lowest BCUT2D eigenvalue weighted by molar-refractivity contribution is 0.0759. The lowest BCUT2D eigenvalue weighted by Gasteiger charge is -2.28. The molecule has 0 unspecified atom stereocenters. The summed E-state index contributed by atoms with van der Waals surface area (Å²) in [5.74, 6) is 0.431. The molecule has 0 atom stereocenters. The fourth-order valence-corrected chi connectivity index (χ4v) is 4.07. The van der Waals surface area contributed by atoms with Crippen molar-refractivity contribution < 1.29 is 13.9 Å². The maximum atomic E-state index is 13.9. The first-order chi connectivity index (χ1) is 12.2. The molecular formula is C20H29FN2O2. The van der Waals surface area contributed by atoms with E-state index in [-0.39, 0.29) is 11.7 Å². The Morgan fingerprint density at radius 2 is 1.92 bits per heavy atom. The van der Waals surface area contributed by atoms with E-state index in [1.54, 1.807) is 6.07 Å². The third kappa shape index (κ3) is 4.72. The second-order valence-corrected chi connectivity index (χ2v) is 7.30. The van der Waals surface area contributed by atoms with Crippen molar-refractivity contribution >= 4 is 5.91 Å². The molecule has 0 bridgehead atoms. The van der Waals surface area contributed by atoms with Crippen LogP contribution in [0.15, 0.2) is 18.2 Å². The standard InChI is InChI=1S/C20H29FN2O2/c1-25-19-9-8-17(14-18(19)21)20(24)23-11-5-10-22(12-13-23)15-16-6-3-2-4-7-16/h8-9,14,16H,2-7,10-13,15H2,1H3. The Balaban J connectivity index is 1.56. The fraction of sp³-hybridized carbons (Fsp3) is 0.650. The molecule has 0 aromatic heterocycles. The van der Waals surface area contributed by atoms with Crippen molar-refractivity contribution in [3.63, 3.8) is 0 Å². The van der Waals surface area contributed by atoms with Crippen LogP contribution in [0.1, 0.15) is 48.9 Å². The van der Waals surface area contributed by atoms with Crippen molar-refractivity contribution in [2.45, 2.75) is 38.5 Å². The van der Waals surface area contributed by atoms with Gasteiger partial charge in [-0.1, -0.05) is 19.3 Å². The summed E-state index contributed by atoms with van der Waals surface area (Å²) in [5, 5.41) is 0. The molecule has 1 saturated carbocycles. The highest BCUT2D eigenvalue weighted by atomic mass is 19.1. The summed E-state index contributed by atoms with van der Waals surface area (Å²) in [6.07, 6.45) is 7.81. The Kier molecular flexibility index (Phi) is 6.29. The molecule has 4 nitrogen and oxygen atoms in total. The summed E-state index contributed by atoms with van der Waals surface area (Å²) in [6, 6.07) is 4.45. The minimum Gasteiger partial charge on any atom is -0.494 e. The number of halogens is 1. The van der Waals surface area contributed by atoms with Gasteiger partial charge in [0, 0.05) is 31.7 Å². The Morgan fingerprint density at radius 1 is 1.12 bits per heavy atom. The van der Waals surface area contributed by atoms with E-state index < -0.39 is 5.82 Å². The van der Waals surface area contributed by atoms with Gasteiger partial charge < -0.3 is 14.5 Å². The van der Waals surface area contributed by atoms with E-state index in [9.17, 15) is 9.18 Å². The average Bonchev–Trinajstić information content (AvgIpc) is 2.87. The van der Waals surface area contributed by atoms with Crippen LogP contribution in [0.2, 0.25) is 0 Å². The van der Waals surface area contributed by atoms with E-state index in [0.29, 0.717) is 5.56 Å². The first-order valence-electron chi connectivity index (χ1n) is 9.52. The molecule has 1 aromatic rings. The van der Waals surface area contributed by atoms with Gasteiger partial charge in [-0.2, -0.15) is 0 Å². The first kappa shape index (κ1) is 18.2. The zero-order valence-electron chi connectivity index (χ0n) is 15.2. The van der Waals surface area contributed by atoms with E-state index in [4.69, 9.17) is 4.74 Å². The molecule has 2 aliphatic rings. The van der Waals surface area contributed by atoms with Crippen LogP contribution in [-0.2, 0) is 0 Å². The predicted molar refractivity (Wildman–Crippen MR) is 96.5 cm³/mol. The molecule has 3 rings (SSSR count). The Labute approximate surface area is 149 Å². The molecule has 1 saturated heterocycles. The monoisotopic (exact) mass is 348 g/mol. The summed E-state index contributed by atoms with van der Waals surface area (Å²) < 4.78 is 18.8. The number of methoxy groups -OCH3 is 1. The number of carbonyl (C=O) groups is 1. The third-order valence-corrected chi connectivity index (χ3v) is 5.52. The summed E-state index contributed by atoms with van der Waals surface area (Å²) >= 11 is 0. The minimum atomic E-state index is -0.484. The van der Waals surface area contributed by atoms with Crippen molar-refractivity contribution in [3.8, 4) is 5.75 Å². The zero-order chi connectivity index (χ0) is 17.6. The van der Waals surface area contributed by atoms with Crippen molar-refractivity contribution in [3.05, 3.63) is 29.6 Å². The fourth-order valence-electron chi connectivity index (χ4n) is 4.07. The van der Waals surface area contributed by atoms with Gasteiger partial charge in [-0.3, -0.25) is 4.79 Å². The minimum absolute atomic E-state index is 0.0823. The molecule has 1 amide bonds. The number of nitrogens with zero attached hydrogens (tertiary/aromatic N) is 2. The number of hydrogen-bond donors (Lipinski definition) is 0. The SMILES string of the molecule is COc1ccc(C(=O)N2CCCN(CC3CCCCC3)CC2)cc1F. The van der Waals surface area contributed by atoms with Gasteiger partial charge in [0.05, 0.1) is 7.11 Å². The lowest BCUT2D eigenvalue weighted by atomic mass is 9.89. The van der Waals surface area contributed by atoms with Gasteiger partial charge in [-0.15, -0.1) is 0 Å². The molecule has 25 heavy (non-hydrogen) atoms. The highest BCUT2D eigenvalue weighted by Crippen LogP contribution is 2.25. The molecule has 1 aliphatic carbocycles. The molecule has 5 heteroatoms. The van der Waals surface area contributed by atoms with Crippen LogP contribution in [0.5, 0.6) is 5.75 Å². The molecule has 1 aliphatic heterocycles. The van der Waals surface area contributed by atoms with E-state index in [1.165, 1.54) is 57.9 Å². The van der Waals surface area contributed by atoms with Crippen LogP contribution >= 0.6 is 0 Å². The molecular weight excluding hydrogens is 319 g/mol. The van der Waals surface area contributed by atoms with Gasteiger partial charge in [0.1, 0.15) is 0 Å². The number of ether oxygens (including phenoxy) is 1. The molecule has 0 radical (unpaired) electrons. The second-order valence-electron chi connectivity index (χ2n) is 7.30. The Bertz CT molecular complexity index is 587. The largest absolute Gasteiger partial charge is 0.494 e. The van der Waals surface area contributed by atoms with Gasteiger partial charge in [0.2, 0.25) is 0 Å². The molecule has 1 aromatic carbocycles. The molecule has 138 valence electrons. The number of amides is 1. The lowest BCUT2D eigenvalue weighted by Crippen LogP contribution is -2.37. The maximum absolute atomic E-state index is 13.9.